The summed E-state index contributed by atoms with van der Waals surface area (Å²) in [5.74, 6) is -0.308. The maximum Gasteiger partial charge on any atom is 0.335 e. The van der Waals surface area contributed by atoms with Crippen molar-refractivity contribution < 1.29 is 9.90 Å². The van der Waals surface area contributed by atoms with Crippen LogP contribution in [0.1, 0.15) is 15.9 Å². The monoisotopic (exact) mass is 243 g/mol. The summed E-state index contributed by atoms with van der Waals surface area (Å²) in [5.41, 5.74) is 1.38. The summed E-state index contributed by atoms with van der Waals surface area (Å²) in [7, 11) is 0. The lowest BCUT2D eigenvalue weighted by Gasteiger charge is -2.04. The van der Waals surface area contributed by atoms with Gasteiger partial charge in [0, 0.05) is 18.9 Å². The predicted molar refractivity (Wildman–Crippen MR) is 67.6 cm³/mol. The van der Waals surface area contributed by atoms with Crippen molar-refractivity contribution in [1.82, 2.24) is 9.97 Å². The van der Waals surface area contributed by atoms with E-state index in [0.717, 1.165) is 12.0 Å². The van der Waals surface area contributed by atoms with E-state index >= 15 is 0 Å². The van der Waals surface area contributed by atoms with Gasteiger partial charge in [-0.25, -0.2) is 14.8 Å². The molecular weight excluding hydrogens is 230 g/mol. The van der Waals surface area contributed by atoms with Gasteiger partial charge < -0.3 is 10.4 Å². The van der Waals surface area contributed by atoms with Gasteiger partial charge in [0.25, 0.3) is 0 Å². The second-order valence-corrected chi connectivity index (χ2v) is 3.75. The molecule has 0 saturated carbocycles. The first-order valence-corrected chi connectivity index (χ1v) is 5.59. The van der Waals surface area contributed by atoms with Gasteiger partial charge in [-0.1, -0.05) is 12.1 Å². The van der Waals surface area contributed by atoms with Crippen molar-refractivity contribution in [2.45, 2.75) is 6.42 Å². The Labute approximate surface area is 105 Å². The zero-order chi connectivity index (χ0) is 12.8. The number of carboxylic acid groups (broad SMARTS) is 1. The first-order chi connectivity index (χ1) is 8.75. The largest absolute Gasteiger partial charge is 0.478 e. The number of aromatic carboxylic acids is 1. The molecule has 0 fully saturated rings. The van der Waals surface area contributed by atoms with Crippen LogP contribution in [-0.2, 0) is 6.42 Å². The van der Waals surface area contributed by atoms with Crippen LogP contribution < -0.4 is 5.32 Å². The normalized spacial score (nSPS) is 10.0. The summed E-state index contributed by atoms with van der Waals surface area (Å²) < 4.78 is 0. The standard InChI is InChI=1S/C13H13N3O2/c17-12(18)11-4-2-10(3-5-11)6-9-16-13-14-7-1-8-15-13/h1-5,7-8H,6,9H2,(H,17,18)(H,14,15,16). The van der Waals surface area contributed by atoms with Gasteiger partial charge in [0.15, 0.2) is 0 Å². The molecule has 0 spiro atoms. The second-order valence-electron chi connectivity index (χ2n) is 3.75. The molecule has 5 heteroatoms. The zero-order valence-corrected chi connectivity index (χ0v) is 9.71. The number of carboxylic acids is 1. The minimum Gasteiger partial charge on any atom is -0.478 e. The Balaban J connectivity index is 1.85. The molecular formula is C13H13N3O2. The maximum atomic E-state index is 10.7. The van der Waals surface area contributed by atoms with Crippen molar-refractivity contribution in [2.24, 2.45) is 0 Å². The van der Waals surface area contributed by atoms with E-state index in [1.807, 2.05) is 12.1 Å². The van der Waals surface area contributed by atoms with E-state index in [-0.39, 0.29) is 0 Å². The third kappa shape index (κ3) is 3.28. The van der Waals surface area contributed by atoms with E-state index in [1.54, 1.807) is 30.6 Å². The summed E-state index contributed by atoms with van der Waals surface area (Å²) in [6, 6.07) is 8.61. The maximum absolute atomic E-state index is 10.7. The average molecular weight is 243 g/mol. The smallest absolute Gasteiger partial charge is 0.335 e. The van der Waals surface area contributed by atoms with Crippen LogP contribution in [0.25, 0.3) is 0 Å². The molecule has 0 amide bonds. The molecule has 1 aromatic heterocycles. The Morgan fingerprint density at radius 1 is 1.17 bits per heavy atom. The molecule has 5 nitrogen and oxygen atoms in total. The average Bonchev–Trinajstić information content (AvgIpc) is 2.40. The molecule has 0 aliphatic carbocycles. The van der Waals surface area contributed by atoms with Crippen molar-refractivity contribution in [3.8, 4) is 0 Å². The Bertz CT molecular complexity index is 512. The highest BCUT2D eigenvalue weighted by Crippen LogP contribution is 2.05. The SMILES string of the molecule is O=C(O)c1ccc(CCNc2ncccn2)cc1. The van der Waals surface area contributed by atoms with Crippen molar-refractivity contribution >= 4 is 11.9 Å². The van der Waals surface area contributed by atoms with Gasteiger partial charge in [-0.15, -0.1) is 0 Å². The van der Waals surface area contributed by atoms with Crippen LogP contribution in [0.15, 0.2) is 42.7 Å². The van der Waals surface area contributed by atoms with Crippen LogP contribution in [0.4, 0.5) is 5.95 Å². The molecule has 1 aromatic carbocycles. The quantitative estimate of drug-likeness (QED) is 0.838. The summed E-state index contributed by atoms with van der Waals surface area (Å²) in [4.78, 5) is 18.8. The number of benzene rings is 1. The minimum atomic E-state index is -0.905. The van der Waals surface area contributed by atoms with Gasteiger partial charge in [0.05, 0.1) is 5.56 Å². The fourth-order valence-corrected chi connectivity index (χ4v) is 1.52. The van der Waals surface area contributed by atoms with E-state index in [0.29, 0.717) is 18.1 Å². The third-order valence-corrected chi connectivity index (χ3v) is 2.46. The molecule has 18 heavy (non-hydrogen) atoms. The Morgan fingerprint density at radius 2 is 1.83 bits per heavy atom. The highest BCUT2D eigenvalue weighted by Gasteiger charge is 2.01. The summed E-state index contributed by atoms with van der Waals surface area (Å²) in [6.45, 7) is 0.705. The van der Waals surface area contributed by atoms with E-state index in [2.05, 4.69) is 15.3 Å². The van der Waals surface area contributed by atoms with Crippen molar-refractivity contribution in [2.75, 3.05) is 11.9 Å². The highest BCUT2D eigenvalue weighted by molar-refractivity contribution is 5.87. The van der Waals surface area contributed by atoms with Crippen LogP contribution in [0.3, 0.4) is 0 Å². The number of hydrogen-bond acceptors (Lipinski definition) is 4. The molecule has 92 valence electrons. The van der Waals surface area contributed by atoms with Crippen molar-refractivity contribution in [3.63, 3.8) is 0 Å². The zero-order valence-electron chi connectivity index (χ0n) is 9.71. The number of carbonyl (C=O) groups is 1. The third-order valence-electron chi connectivity index (χ3n) is 2.46. The number of nitrogens with one attached hydrogen (secondary N) is 1. The number of aromatic nitrogens is 2. The van der Waals surface area contributed by atoms with E-state index < -0.39 is 5.97 Å². The summed E-state index contributed by atoms with van der Waals surface area (Å²) in [6.07, 6.45) is 4.14. The summed E-state index contributed by atoms with van der Waals surface area (Å²) >= 11 is 0. The van der Waals surface area contributed by atoms with Gasteiger partial charge in [-0.05, 0) is 30.2 Å². The Morgan fingerprint density at radius 3 is 2.44 bits per heavy atom. The van der Waals surface area contributed by atoms with E-state index in [9.17, 15) is 4.79 Å². The highest BCUT2D eigenvalue weighted by atomic mass is 16.4. The van der Waals surface area contributed by atoms with Gasteiger partial charge >= 0.3 is 5.97 Å². The lowest BCUT2D eigenvalue weighted by Crippen LogP contribution is -2.07. The predicted octanol–water partition coefficient (Wildman–Crippen LogP) is 1.83. The molecule has 0 radical (unpaired) electrons. The Kier molecular flexibility index (Phi) is 3.86. The molecule has 1 heterocycles. The molecule has 0 atom stereocenters. The number of hydrogen-bond donors (Lipinski definition) is 2. The van der Waals surface area contributed by atoms with Crippen LogP contribution in [0.2, 0.25) is 0 Å². The van der Waals surface area contributed by atoms with Gasteiger partial charge in [0.1, 0.15) is 0 Å². The van der Waals surface area contributed by atoms with Crippen LogP contribution in [-0.4, -0.2) is 27.6 Å². The number of nitrogens with zero attached hydrogens (tertiary/aromatic N) is 2. The topological polar surface area (TPSA) is 75.1 Å². The van der Waals surface area contributed by atoms with Gasteiger partial charge in [-0.2, -0.15) is 0 Å². The van der Waals surface area contributed by atoms with Crippen molar-refractivity contribution in [1.29, 1.82) is 0 Å². The second kappa shape index (κ2) is 5.77. The van der Waals surface area contributed by atoms with Crippen LogP contribution >= 0.6 is 0 Å². The molecule has 0 aliphatic rings. The minimum absolute atomic E-state index is 0.304. The van der Waals surface area contributed by atoms with Crippen molar-refractivity contribution in [3.05, 3.63) is 53.9 Å². The van der Waals surface area contributed by atoms with E-state index in [1.165, 1.54) is 0 Å². The summed E-state index contributed by atoms with van der Waals surface area (Å²) in [5, 5.41) is 11.9. The molecule has 0 saturated heterocycles. The molecule has 2 rings (SSSR count). The lowest BCUT2D eigenvalue weighted by atomic mass is 10.1. The lowest BCUT2D eigenvalue weighted by molar-refractivity contribution is 0.0697. The van der Waals surface area contributed by atoms with Crippen LogP contribution in [0.5, 0.6) is 0 Å². The number of anilines is 1. The first-order valence-electron chi connectivity index (χ1n) is 5.59. The first kappa shape index (κ1) is 12.0. The van der Waals surface area contributed by atoms with Gasteiger partial charge in [-0.3, -0.25) is 0 Å². The van der Waals surface area contributed by atoms with Crippen LogP contribution in [0, 0.1) is 0 Å². The fourth-order valence-electron chi connectivity index (χ4n) is 1.52. The molecule has 2 aromatic rings. The molecule has 0 unspecified atom stereocenters. The molecule has 0 bridgehead atoms. The van der Waals surface area contributed by atoms with E-state index in [4.69, 9.17) is 5.11 Å². The fraction of sp³-hybridized carbons (Fsp3) is 0.154. The van der Waals surface area contributed by atoms with Gasteiger partial charge in [0.2, 0.25) is 5.95 Å². The molecule has 0 aliphatic heterocycles. The molecule has 2 N–H and O–H groups in total. The Hall–Kier alpha value is -2.43. The number of rotatable bonds is 5.